The third kappa shape index (κ3) is 7.47. The van der Waals surface area contributed by atoms with Crippen LogP contribution in [0.25, 0.3) is 0 Å². The Morgan fingerprint density at radius 1 is 0.913 bits per heavy atom. The lowest BCUT2D eigenvalue weighted by Crippen LogP contribution is -2.33. The molecule has 0 amide bonds. The molecule has 7 nitrogen and oxygen atoms in total. The minimum atomic E-state index is -0.0700. The molecule has 2 rings (SSSR count). The number of aliphatic hydroxyl groups excluding tert-OH is 1. The summed E-state index contributed by atoms with van der Waals surface area (Å²) in [7, 11) is 0. The quantitative estimate of drug-likeness (QED) is 0.532. The number of thiophene rings is 1. The second-order valence-corrected chi connectivity index (χ2v) is 5.53. The number of aliphatic hydroxyl groups is 1. The highest BCUT2D eigenvalue weighted by molar-refractivity contribution is 7.08. The summed E-state index contributed by atoms with van der Waals surface area (Å²) >= 11 is 1.56. The molecule has 1 aliphatic heterocycles. The molecule has 8 heteroatoms. The van der Waals surface area contributed by atoms with Crippen molar-refractivity contribution in [2.24, 2.45) is 0 Å². The van der Waals surface area contributed by atoms with E-state index in [4.69, 9.17) is 33.5 Å². The zero-order chi connectivity index (χ0) is 16.2. The van der Waals surface area contributed by atoms with Crippen LogP contribution < -0.4 is 9.47 Å². The van der Waals surface area contributed by atoms with Gasteiger partial charge in [-0.3, -0.25) is 0 Å². The Morgan fingerprint density at radius 3 is 2.22 bits per heavy atom. The van der Waals surface area contributed by atoms with Crippen molar-refractivity contribution < 1.29 is 33.5 Å². The van der Waals surface area contributed by atoms with Crippen LogP contribution in [0.4, 0.5) is 0 Å². The molecule has 1 aliphatic rings. The van der Waals surface area contributed by atoms with E-state index in [1.807, 2.05) is 10.8 Å². The van der Waals surface area contributed by atoms with E-state index < -0.39 is 0 Å². The van der Waals surface area contributed by atoms with E-state index in [2.05, 4.69) is 0 Å². The minimum absolute atomic E-state index is 0.0373. The van der Waals surface area contributed by atoms with Gasteiger partial charge in [-0.05, 0) is 0 Å². The molecular formula is C15H24O7S. The van der Waals surface area contributed by atoms with Gasteiger partial charge in [0.25, 0.3) is 0 Å². The van der Waals surface area contributed by atoms with Crippen LogP contribution in [0.15, 0.2) is 10.8 Å². The van der Waals surface area contributed by atoms with Gasteiger partial charge >= 0.3 is 0 Å². The van der Waals surface area contributed by atoms with E-state index in [0.717, 1.165) is 11.5 Å². The highest BCUT2D eigenvalue weighted by Gasteiger charge is 2.21. The summed E-state index contributed by atoms with van der Waals surface area (Å²) in [6.07, 6.45) is -0.0700. The van der Waals surface area contributed by atoms with Crippen molar-refractivity contribution in [2.75, 3.05) is 66.1 Å². The van der Waals surface area contributed by atoms with Crippen LogP contribution in [0.2, 0.25) is 0 Å². The van der Waals surface area contributed by atoms with Crippen molar-refractivity contribution in [2.45, 2.75) is 6.10 Å². The predicted molar refractivity (Wildman–Crippen MR) is 84.6 cm³/mol. The average molecular weight is 348 g/mol. The van der Waals surface area contributed by atoms with Crippen molar-refractivity contribution in [3.05, 3.63) is 10.8 Å². The van der Waals surface area contributed by atoms with Crippen LogP contribution in [0.3, 0.4) is 0 Å². The van der Waals surface area contributed by atoms with Crippen LogP contribution in [0, 0.1) is 0 Å². The normalized spacial score (nSPS) is 16.7. The van der Waals surface area contributed by atoms with Crippen molar-refractivity contribution >= 4 is 11.3 Å². The maximum Gasteiger partial charge on any atom is 0.172 e. The van der Waals surface area contributed by atoms with Gasteiger partial charge in [0.15, 0.2) is 17.6 Å². The van der Waals surface area contributed by atoms with Gasteiger partial charge in [-0.1, -0.05) is 0 Å². The van der Waals surface area contributed by atoms with Gasteiger partial charge in [-0.15, -0.1) is 11.3 Å². The Bertz CT molecular complexity index is 412. The Kier molecular flexibility index (Phi) is 9.31. The van der Waals surface area contributed by atoms with Gasteiger partial charge in [0.2, 0.25) is 0 Å². The average Bonchev–Trinajstić information content (AvgIpc) is 3.03. The molecule has 132 valence electrons. The zero-order valence-electron chi connectivity index (χ0n) is 13.1. The molecule has 1 aromatic rings. The van der Waals surface area contributed by atoms with E-state index in [9.17, 15) is 0 Å². The summed E-state index contributed by atoms with van der Waals surface area (Å²) in [5.41, 5.74) is 0. The third-order valence-electron chi connectivity index (χ3n) is 2.97. The summed E-state index contributed by atoms with van der Waals surface area (Å²) in [5, 5.41) is 12.4. The van der Waals surface area contributed by atoms with Crippen molar-refractivity contribution in [3.63, 3.8) is 0 Å². The van der Waals surface area contributed by atoms with Crippen LogP contribution in [0.5, 0.6) is 11.5 Å². The molecule has 0 saturated carbocycles. The first kappa shape index (κ1) is 18.4. The van der Waals surface area contributed by atoms with Gasteiger partial charge in [-0.25, -0.2) is 0 Å². The number of hydrogen-bond donors (Lipinski definition) is 1. The molecule has 1 unspecified atom stereocenters. The van der Waals surface area contributed by atoms with Crippen molar-refractivity contribution in [3.8, 4) is 11.5 Å². The number of rotatable bonds is 13. The molecule has 2 heterocycles. The maximum absolute atomic E-state index is 8.51. The molecule has 23 heavy (non-hydrogen) atoms. The summed E-state index contributed by atoms with van der Waals surface area (Å²) in [5.74, 6) is 1.61. The predicted octanol–water partition coefficient (Wildman–Crippen LogP) is 0.947. The van der Waals surface area contributed by atoms with Gasteiger partial charge in [-0.2, -0.15) is 0 Å². The number of hydrogen-bond acceptors (Lipinski definition) is 8. The lowest BCUT2D eigenvalue weighted by molar-refractivity contribution is -0.0255. The zero-order valence-corrected chi connectivity index (χ0v) is 13.9. The monoisotopic (exact) mass is 348 g/mol. The molecule has 0 radical (unpaired) electrons. The van der Waals surface area contributed by atoms with Crippen molar-refractivity contribution in [1.29, 1.82) is 0 Å². The van der Waals surface area contributed by atoms with E-state index in [0.29, 0.717) is 59.5 Å². The van der Waals surface area contributed by atoms with Crippen LogP contribution in [-0.4, -0.2) is 77.3 Å². The van der Waals surface area contributed by atoms with Crippen molar-refractivity contribution in [1.82, 2.24) is 0 Å². The smallest absolute Gasteiger partial charge is 0.172 e. The molecule has 1 atom stereocenters. The highest BCUT2D eigenvalue weighted by Crippen LogP contribution is 2.35. The largest absolute Gasteiger partial charge is 0.485 e. The Labute approximate surface area is 140 Å². The summed E-state index contributed by atoms with van der Waals surface area (Å²) < 4.78 is 32.6. The number of fused-ring (bicyclic) bond motifs is 1. The van der Waals surface area contributed by atoms with E-state index in [1.165, 1.54) is 0 Å². The second kappa shape index (κ2) is 11.6. The molecule has 0 spiro atoms. The lowest BCUT2D eigenvalue weighted by Gasteiger charge is -2.24. The Morgan fingerprint density at radius 2 is 1.52 bits per heavy atom. The molecule has 0 aromatic carbocycles. The Hall–Kier alpha value is -0.900. The third-order valence-corrected chi connectivity index (χ3v) is 3.67. The molecular weight excluding hydrogens is 324 g/mol. The first-order valence-electron chi connectivity index (χ1n) is 7.67. The minimum Gasteiger partial charge on any atom is -0.485 e. The standard InChI is InChI=1S/C15H24O7S/c16-1-2-17-3-4-18-5-6-19-7-8-20-9-13-10-21-14-11-23-12-15(14)22-13/h11-13,16H,1-10H2. The van der Waals surface area contributed by atoms with Gasteiger partial charge < -0.3 is 33.5 Å². The van der Waals surface area contributed by atoms with E-state index in [1.54, 1.807) is 11.3 Å². The van der Waals surface area contributed by atoms with Gasteiger partial charge in [0.05, 0.1) is 59.5 Å². The van der Waals surface area contributed by atoms with Crippen LogP contribution >= 0.6 is 11.3 Å². The van der Waals surface area contributed by atoms with Gasteiger partial charge in [0, 0.05) is 10.8 Å². The first-order valence-corrected chi connectivity index (χ1v) is 8.62. The first-order chi connectivity index (χ1) is 11.4. The highest BCUT2D eigenvalue weighted by atomic mass is 32.1. The molecule has 0 saturated heterocycles. The SMILES string of the molecule is OCCOCCOCCOCCOCC1COc2cscc2O1. The molecule has 1 aromatic heterocycles. The van der Waals surface area contributed by atoms with Gasteiger partial charge in [0.1, 0.15) is 6.61 Å². The number of ether oxygens (including phenoxy) is 6. The van der Waals surface area contributed by atoms with E-state index in [-0.39, 0.29) is 12.7 Å². The fraction of sp³-hybridized carbons (Fsp3) is 0.733. The lowest BCUT2D eigenvalue weighted by atomic mass is 10.3. The molecule has 1 N–H and O–H groups in total. The fourth-order valence-electron chi connectivity index (χ4n) is 1.88. The molecule has 0 bridgehead atoms. The molecule has 0 aliphatic carbocycles. The van der Waals surface area contributed by atoms with Crippen LogP contribution in [-0.2, 0) is 18.9 Å². The Balaban J connectivity index is 1.35. The summed E-state index contributed by atoms with van der Waals surface area (Å²) in [6.45, 7) is 4.43. The molecule has 0 fully saturated rings. The second-order valence-electron chi connectivity index (χ2n) is 4.79. The fourth-order valence-corrected chi connectivity index (χ4v) is 2.55. The topological polar surface area (TPSA) is 75.6 Å². The summed E-state index contributed by atoms with van der Waals surface area (Å²) in [6, 6.07) is 0. The summed E-state index contributed by atoms with van der Waals surface area (Å²) in [4.78, 5) is 0. The van der Waals surface area contributed by atoms with Crippen LogP contribution in [0.1, 0.15) is 0 Å². The van der Waals surface area contributed by atoms with E-state index >= 15 is 0 Å². The maximum atomic E-state index is 8.51.